The molecular weight excluding hydrogens is 346 g/mol. The van der Waals surface area contributed by atoms with Crippen LogP contribution in [0.25, 0.3) is 11.1 Å². The van der Waals surface area contributed by atoms with Crippen molar-refractivity contribution in [2.75, 3.05) is 18.5 Å². The largest absolute Gasteiger partial charge is 0.425 e. The van der Waals surface area contributed by atoms with Crippen molar-refractivity contribution < 1.29 is 4.44 Å². The fourth-order valence-corrected chi connectivity index (χ4v) is 7.66. The highest BCUT2D eigenvalue weighted by molar-refractivity contribution is 7.73. The SMILES string of the molecule is CC[P+](CC)(CC)O[B-]1(c2ccccc2)c2ccccc2-c2ccccc21. The molecule has 1 aliphatic heterocycles. The van der Waals surface area contributed by atoms with E-state index in [0.717, 1.165) is 18.5 Å². The summed E-state index contributed by atoms with van der Waals surface area (Å²) >= 11 is 0. The maximum absolute atomic E-state index is 7.45. The summed E-state index contributed by atoms with van der Waals surface area (Å²) in [5.74, 6) is 0. The first-order valence-corrected chi connectivity index (χ1v) is 12.4. The first kappa shape index (κ1) is 18.5. The maximum atomic E-state index is 7.45. The summed E-state index contributed by atoms with van der Waals surface area (Å²) in [6, 6.07) is 28.6. The lowest BCUT2D eigenvalue weighted by Gasteiger charge is -2.44. The van der Waals surface area contributed by atoms with E-state index in [-0.39, 0.29) is 0 Å². The van der Waals surface area contributed by atoms with Gasteiger partial charge in [-0.25, -0.2) is 0 Å². The van der Waals surface area contributed by atoms with E-state index in [0.29, 0.717) is 0 Å². The number of fused-ring (bicyclic) bond motifs is 3. The van der Waals surface area contributed by atoms with Gasteiger partial charge in [0.1, 0.15) is 0 Å². The quantitative estimate of drug-likeness (QED) is 0.451. The lowest BCUT2D eigenvalue weighted by atomic mass is 9.30. The molecule has 0 radical (unpaired) electrons. The van der Waals surface area contributed by atoms with Crippen molar-refractivity contribution in [1.29, 1.82) is 0 Å². The van der Waals surface area contributed by atoms with E-state index in [2.05, 4.69) is 99.6 Å². The summed E-state index contributed by atoms with van der Waals surface area (Å²) in [6.45, 7) is 6.92. The van der Waals surface area contributed by atoms with Crippen molar-refractivity contribution in [2.24, 2.45) is 0 Å². The van der Waals surface area contributed by atoms with Crippen molar-refractivity contribution >= 4 is 30.2 Å². The lowest BCUT2D eigenvalue weighted by Crippen LogP contribution is -2.67. The number of rotatable bonds is 6. The molecule has 0 unspecified atom stereocenters. The molecule has 3 aromatic carbocycles. The predicted octanol–water partition coefficient (Wildman–Crippen LogP) is 4.64. The van der Waals surface area contributed by atoms with E-state index >= 15 is 0 Å². The first-order valence-electron chi connectivity index (χ1n) is 10.2. The van der Waals surface area contributed by atoms with E-state index in [1.807, 2.05) is 0 Å². The standard InChI is InChI=1S/C24H28BOP/c1-4-27(5-2,6-3)26-25(20-14-8-7-9-15-20)23-18-12-10-16-21(23)22-17-11-13-19-24(22)25/h7-19H,4-6H2,1-3H3. The third kappa shape index (κ3) is 2.78. The fraction of sp³-hybridized carbons (Fsp3) is 0.250. The maximum Gasteiger partial charge on any atom is 0.246 e. The topological polar surface area (TPSA) is 9.23 Å². The van der Waals surface area contributed by atoms with Gasteiger partial charge in [-0.3, -0.25) is 0 Å². The molecule has 0 aromatic heterocycles. The lowest BCUT2D eigenvalue weighted by molar-refractivity contribution is 0.618. The molecule has 3 aromatic rings. The number of hydrogen-bond donors (Lipinski definition) is 0. The normalized spacial score (nSPS) is 14.6. The van der Waals surface area contributed by atoms with E-state index in [4.69, 9.17) is 4.44 Å². The molecule has 0 N–H and O–H groups in total. The van der Waals surface area contributed by atoms with E-state index < -0.39 is 13.8 Å². The van der Waals surface area contributed by atoms with Crippen molar-refractivity contribution in [1.82, 2.24) is 0 Å². The Balaban J connectivity index is 2.06. The van der Waals surface area contributed by atoms with Gasteiger partial charge in [-0.1, -0.05) is 90.0 Å². The van der Waals surface area contributed by atoms with Crippen molar-refractivity contribution in [3.05, 3.63) is 78.9 Å². The zero-order valence-electron chi connectivity index (χ0n) is 16.6. The molecule has 1 nitrogen and oxygen atoms in total. The molecule has 138 valence electrons. The van der Waals surface area contributed by atoms with Crippen LogP contribution in [0, 0.1) is 0 Å². The molecule has 0 bridgehead atoms. The zero-order chi connectivity index (χ0) is 18.9. The molecule has 1 aliphatic rings. The molecule has 0 saturated heterocycles. The van der Waals surface area contributed by atoms with Crippen molar-refractivity contribution in [3.63, 3.8) is 0 Å². The third-order valence-corrected chi connectivity index (χ3v) is 10.7. The Bertz CT molecular complexity index is 880. The Morgan fingerprint density at radius 1 is 0.630 bits per heavy atom. The minimum atomic E-state index is -1.50. The Morgan fingerprint density at radius 3 is 1.56 bits per heavy atom. The van der Waals surface area contributed by atoms with Crippen LogP contribution in [0.3, 0.4) is 0 Å². The van der Waals surface area contributed by atoms with Crippen LogP contribution in [0.5, 0.6) is 0 Å². The number of hydrogen-bond acceptors (Lipinski definition) is 1. The summed E-state index contributed by atoms with van der Waals surface area (Å²) < 4.78 is 7.45. The second kappa shape index (κ2) is 7.26. The molecular formula is C24H28BOP. The Hall–Kier alpha value is -1.89. The Kier molecular flexibility index (Phi) is 4.97. The smallest absolute Gasteiger partial charge is 0.246 e. The van der Waals surface area contributed by atoms with Crippen LogP contribution < -0.4 is 16.4 Å². The van der Waals surface area contributed by atoms with Gasteiger partial charge in [-0.05, 0) is 20.8 Å². The van der Waals surface area contributed by atoms with Crippen LogP contribution in [0.15, 0.2) is 78.9 Å². The zero-order valence-corrected chi connectivity index (χ0v) is 17.5. The van der Waals surface area contributed by atoms with Gasteiger partial charge < -0.3 is 4.44 Å². The molecule has 0 fully saturated rings. The molecule has 0 amide bonds. The van der Waals surface area contributed by atoms with E-state index in [1.54, 1.807) is 0 Å². The van der Waals surface area contributed by atoms with Gasteiger partial charge in [0.05, 0.1) is 26.0 Å². The molecule has 0 saturated carbocycles. The minimum absolute atomic E-state index is 1.13. The summed E-state index contributed by atoms with van der Waals surface area (Å²) in [7, 11) is -1.50. The van der Waals surface area contributed by atoms with E-state index in [9.17, 15) is 0 Å². The van der Waals surface area contributed by atoms with Crippen LogP contribution in [0.2, 0.25) is 0 Å². The van der Waals surface area contributed by atoms with Gasteiger partial charge in [0.25, 0.3) is 0 Å². The first-order chi connectivity index (χ1) is 13.2. The molecule has 0 aliphatic carbocycles. The Labute approximate surface area is 164 Å². The average molecular weight is 374 g/mol. The highest BCUT2D eigenvalue weighted by Crippen LogP contribution is 2.61. The van der Waals surface area contributed by atoms with Crippen LogP contribution >= 0.6 is 7.49 Å². The highest BCUT2D eigenvalue weighted by Gasteiger charge is 2.47. The predicted molar refractivity (Wildman–Crippen MR) is 123 cm³/mol. The third-order valence-electron chi connectivity index (χ3n) is 6.47. The van der Waals surface area contributed by atoms with Gasteiger partial charge in [-0.2, -0.15) is 16.4 Å². The van der Waals surface area contributed by atoms with Gasteiger partial charge in [0.2, 0.25) is 6.35 Å². The van der Waals surface area contributed by atoms with E-state index in [1.165, 1.54) is 27.5 Å². The molecule has 3 heteroatoms. The van der Waals surface area contributed by atoms with Gasteiger partial charge in [0.15, 0.2) is 0 Å². The van der Waals surface area contributed by atoms with Crippen LogP contribution in [-0.2, 0) is 4.44 Å². The second-order valence-electron chi connectivity index (χ2n) is 7.48. The number of benzene rings is 3. The molecule has 1 heterocycles. The van der Waals surface area contributed by atoms with Gasteiger partial charge >= 0.3 is 0 Å². The van der Waals surface area contributed by atoms with Gasteiger partial charge in [-0.15, -0.1) is 0 Å². The van der Waals surface area contributed by atoms with Crippen LogP contribution in [-0.4, -0.2) is 24.8 Å². The molecule has 0 atom stereocenters. The summed E-state index contributed by atoms with van der Waals surface area (Å²) in [5.41, 5.74) is 6.67. The summed E-state index contributed by atoms with van der Waals surface area (Å²) in [5, 5.41) is 0. The van der Waals surface area contributed by atoms with Crippen LogP contribution in [0.1, 0.15) is 20.8 Å². The fourth-order valence-electron chi connectivity index (χ4n) is 4.85. The van der Waals surface area contributed by atoms with Crippen molar-refractivity contribution in [3.8, 4) is 11.1 Å². The summed E-state index contributed by atoms with van der Waals surface area (Å²) in [6.07, 6.45) is 1.97. The second-order valence-corrected chi connectivity index (χ2v) is 11.7. The van der Waals surface area contributed by atoms with Crippen LogP contribution in [0.4, 0.5) is 0 Å². The molecule has 4 rings (SSSR count). The minimum Gasteiger partial charge on any atom is -0.425 e. The van der Waals surface area contributed by atoms with Crippen molar-refractivity contribution in [2.45, 2.75) is 20.8 Å². The highest BCUT2D eigenvalue weighted by atomic mass is 31.2. The van der Waals surface area contributed by atoms with Gasteiger partial charge in [0, 0.05) is 0 Å². The summed E-state index contributed by atoms with van der Waals surface area (Å²) in [4.78, 5) is 0. The Morgan fingerprint density at radius 2 is 1.07 bits per heavy atom. The molecule has 27 heavy (non-hydrogen) atoms. The average Bonchev–Trinajstić information content (AvgIpc) is 3.04. The monoisotopic (exact) mass is 374 g/mol. The molecule has 0 spiro atoms.